The molecule has 2 nitrogen and oxygen atoms in total. The summed E-state index contributed by atoms with van der Waals surface area (Å²) in [7, 11) is 0. The lowest BCUT2D eigenvalue weighted by Crippen LogP contribution is -2.01. The molecule has 24 heavy (non-hydrogen) atoms. The molecular weight excluding hydrogens is 360 g/mol. The molecule has 0 heterocycles. The first-order chi connectivity index (χ1) is 11.8. The van der Waals surface area contributed by atoms with Crippen molar-refractivity contribution in [3.05, 3.63) is 107 Å². The van der Waals surface area contributed by atoms with Crippen molar-refractivity contribution in [2.45, 2.75) is 0 Å². The van der Waals surface area contributed by atoms with Crippen LogP contribution in [0.4, 0.5) is 5.69 Å². The number of halogens is 1. The van der Waals surface area contributed by atoms with Gasteiger partial charge in [-0.25, -0.2) is 0 Å². The van der Waals surface area contributed by atoms with Gasteiger partial charge in [0.25, 0.3) is 0 Å². The van der Waals surface area contributed by atoms with Gasteiger partial charge in [0.2, 0.25) is 0 Å². The van der Waals surface area contributed by atoms with Gasteiger partial charge in [-0.3, -0.25) is 5.43 Å². The van der Waals surface area contributed by atoms with Gasteiger partial charge < -0.3 is 0 Å². The Balaban J connectivity index is 1.88. The van der Waals surface area contributed by atoms with E-state index in [1.54, 1.807) is 0 Å². The number of hydrogen-bond donors (Lipinski definition) is 1. The van der Waals surface area contributed by atoms with E-state index in [1.807, 2.05) is 78.9 Å². The van der Waals surface area contributed by atoms with Crippen molar-refractivity contribution < 1.29 is 0 Å². The number of hydrazone groups is 1. The lowest BCUT2D eigenvalue weighted by Gasteiger charge is -2.05. The Morgan fingerprint density at radius 1 is 0.792 bits per heavy atom. The molecule has 118 valence electrons. The van der Waals surface area contributed by atoms with Crippen LogP contribution in [0.1, 0.15) is 11.1 Å². The van der Waals surface area contributed by atoms with E-state index in [1.165, 1.54) is 0 Å². The molecule has 0 bridgehead atoms. The van der Waals surface area contributed by atoms with Crippen LogP contribution in [0.5, 0.6) is 0 Å². The monoisotopic (exact) mass is 376 g/mol. The van der Waals surface area contributed by atoms with Crippen molar-refractivity contribution in [3.63, 3.8) is 0 Å². The molecule has 3 aromatic carbocycles. The minimum atomic E-state index is 0.871. The van der Waals surface area contributed by atoms with Crippen LogP contribution in [0, 0.1) is 0 Å². The maximum atomic E-state index is 4.57. The average Bonchev–Trinajstić information content (AvgIpc) is 2.64. The maximum absolute atomic E-state index is 4.57. The summed E-state index contributed by atoms with van der Waals surface area (Å²) in [6.45, 7) is 0. The topological polar surface area (TPSA) is 24.4 Å². The van der Waals surface area contributed by atoms with Gasteiger partial charge in [-0.2, -0.15) is 5.10 Å². The van der Waals surface area contributed by atoms with Crippen LogP contribution < -0.4 is 5.43 Å². The molecule has 0 saturated heterocycles. The fraction of sp³-hybridized carbons (Fsp3) is 0. The molecule has 0 amide bonds. The second-order valence-electron chi connectivity index (χ2n) is 5.23. The molecule has 0 radical (unpaired) electrons. The zero-order valence-corrected chi connectivity index (χ0v) is 14.6. The van der Waals surface area contributed by atoms with Gasteiger partial charge in [0, 0.05) is 10.0 Å². The number of nitrogens with one attached hydrogen (secondary N) is 1. The van der Waals surface area contributed by atoms with Crippen LogP contribution >= 0.6 is 15.9 Å². The molecular formula is C21H17BrN2. The zero-order valence-electron chi connectivity index (χ0n) is 13.1. The third-order valence-electron chi connectivity index (χ3n) is 3.45. The van der Waals surface area contributed by atoms with E-state index >= 15 is 0 Å². The van der Waals surface area contributed by atoms with Gasteiger partial charge in [0.05, 0.1) is 11.4 Å². The van der Waals surface area contributed by atoms with Crippen LogP contribution in [0.3, 0.4) is 0 Å². The Kier molecular flexibility index (Phi) is 5.59. The van der Waals surface area contributed by atoms with E-state index in [2.05, 4.69) is 44.7 Å². The van der Waals surface area contributed by atoms with E-state index in [4.69, 9.17) is 0 Å². The number of rotatable bonds is 5. The lowest BCUT2D eigenvalue weighted by atomic mass is 10.1. The Hall–Kier alpha value is -2.65. The summed E-state index contributed by atoms with van der Waals surface area (Å²) in [6, 6.07) is 28.3. The van der Waals surface area contributed by atoms with Gasteiger partial charge in [-0.1, -0.05) is 82.7 Å². The van der Waals surface area contributed by atoms with Crippen LogP contribution in [0.25, 0.3) is 6.08 Å². The second kappa shape index (κ2) is 8.27. The summed E-state index contributed by atoms with van der Waals surface area (Å²) in [6.07, 6.45) is 4.09. The summed E-state index contributed by atoms with van der Waals surface area (Å²) < 4.78 is 1.05. The highest BCUT2D eigenvalue weighted by Crippen LogP contribution is 2.14. The fourth-order valence-electron chi connectivity index (χ4n) is 2.20. The molecule has 3 heteroatoms. The Labute approximate surface area is 150 Å². The lowest BCUT2D eigenvalue weighted by molar-refractivity contribution is 1.33. The molecule has 3 aromatic rings. The SMILES string of the molecule is Brc1ccc(C(/C=C/c2ccccc2)=N\Nc2ccccc2)cc1. The smallest absolute Gasteiger partial charge is 0.0905 e. The minimum absolute atomic E-state index is 0.871. The van der Waals surface area contributed by atoms with Crippen molar-refractivity contribution >= 4 is 33.4 Å². The highest BCUT2D eigenvalue weighted by molar-refractivity contribution is 9.10. The summed E-state index contributed by atoms with van der Waals surface area (Å²) >= 11 is 3.47. The molecule has 0 unspecified atom stereocenters. The van der Waals surface area contributed by atoms with Crippen molar-refractivity contribution in [2.24, 2.45) is 5.10 Å². The van der Waals surface area contributed by atoms with Crippen molar-refractivity contribution in [1.82, 2.24) is 0 Å². The molecule has 0 saturated carbocycles. The van der Waals surface area contributed by atoms with Gasteiger partial charge >= 0.3 is 0 Å². The minimum Gasteiger partial charge on any atom is -0.278 e. The van der Waals surface area contributed by atoms with Crippen molar-refractivity contribution in [1.29, 1.82) is 0 Å². The van der Waals surface area contributed by atoms with Gasteiger partial charge in [-0.15, -0.1) is 0 Å². The quantitative estimate of drug-likeness (QED) is 0.429. The number of anilines is 1. The summed E-state index contributed by atoms with van der Waals surface area (Å²) in [4.78, 5) is 0. The number of allylic oxidation sites excluding steroid dienone is 1. The van der Waals surface area contributed by atoms with Crippen LogP contribution in [-0.4, -0.2) is 5.71 Å². The third kappa shape index (κ3) is 4.67. The molecule has 0 aromatic heterocycles. The molecule has 0 aliphatic heterocycles. The highest BCUT2D eigenvalue weighted by atomic mass is 79.9. The van der Waals surface area contributed by atoms with E-state index in [0.29, 0.717) is 0 Å². The van der Waals surface area contributed by atoms with Gasteiger partial charge in [0.1, 0.15) is 0 Å². The number of nitrogens with zero attached hydrogens (tertiary/aromatic N) is 1. The predicted octanol–water partition coefficient (Wildman–Crippen LogP) is 5.98. The molecule has 0 aliphatic rings. The van der Waals surface area contributed by atoms with E-state index in [0.717, 1.165) is 27.0 Å². The molecule has 0 fully saturated rings. The summed E-state index contributed by atoms with van der Waals surface area (Å²) in [5.74, 6) is 0. The third-order valence-corrected chi connectivity index (χ3v) is 3.98. The molecule has 3 rings (SSSR count). The largest absolute Gasteiger partial charge is 0.278 e. The van der Waals surface area contributed by atoms with Crippen LogP contribution in [-0.2, 0) is 0 Å². The second-order valence-corrected chi connectivity index (χ2v) is 6.14. The van der Waals surface area contributed by atoms with Crippen molar-refractivity contribution in [2.75, 3.05) is 5.43 Å². The van der Waals surface area contributed by atoms with E-state index < -0.39 is 0 Å². The van der Waals surface area contributed by atoms with Crippen LogP contribution in [0.15, 0.2) is 101 Å². The zero-order chi connectivity index (χ0) is 16.6. The van der Waals surface area contributed by atoms with E-state index in [-0.39, 0.29) is 0 Å². The van der Waals surface area contributed by atoms with Crippen LogP contribution in [0.2, 0.25) is 0 Å². The molecule has 1 N–H and O–H groups in total. The van der Waals surface area contributed by atoms with Gasteiger partial charge in [-0.05, 0) is 35.9 Å². The summed E-state index contributed by atoms with van der Waals surface area (Å²) in [5, 5.41) is 4.57. The molecule has 0 aliphatic carbocycles. The first-order valence-corrected chi connectivity index (χ1v) is 8.48. The molecule has 0 atom stereocenters. The first kappa shape index (κ1) is 16.2. The highest BCUT2D eigenvalue weighted by Gasteiger charge is 2.01. The average molecular weight is 377 g/mol. The van der Waals surface area contributed by atoms with Crippen molar-refractivity contribution in [3.8, 4) is 0 Å². The fourth-order valence-corrected chi connectivity index (χ4v) is 2.46. The summed E-state index contributed by atoms with van der Waals surface area (Å²) in [5.41, 5.74) is 7.14. The van der Waals surface area contributed by atoms with E-state index in [9.17, 15) is 0 Å². The molecule has 0 spiro atoms. The normalized spacial score (nSPS) is 11.6. The maximum Gasteiger partial charge on any atom is 0.0905 e. The first-order valence-electron chi connectivity index (χ1n) is 7.69. The number of hydrogen-bond acceptors (Lipinski definition) is 2. The standard InChI is InChI=1S/C21H17BrN2/c22-19-14-12-18(13-15-19)21(16-11-17-7-3-1-4-8-17)24-23-20-9-5-2-6-10-20/h1-16,23H/b16-11+,24-21-. The number of para-hydroxylation sites is 1. The Morgan fingerprint density at radius 3 is 2.08 bits per heavy atom. The Bertz CT molecular complexity index is 823. The number of benzene rings is 3. The van der Waals surface area contributed by atoms with Gasteiger partial charge in [0.15, 0.2) is 0 Å². The predicted molar refractivity (Wildman–Crippen MR) is 106 cm³/mol. The Morgan fingerprint density at radius 2 is 1.42 bits per heavy atom.